The molecule has 8 nitrogen and oxygen atoms in total. The molecule has 0 bridgehead atoms. The SMILES string of the molecule is CCCc1c(OCC(=O)OCC)ccc(C(=O)CNC(=O)OC(C)(C)C)c1O. The molecule has 0 heterocycles. The summed E-state index contributed by atoms with van der Waals surface area (Å²) in [6.07, 6.45) is 0.422. The van der Waals surface area contributed by atoms with Crippen LogP contribution in [0, 0.1) is 0 Å². The van der Waals surface area contributed by atoms with Gasteiger partial charge in [0.25, 0.3) is 0 Å². The summed E-state index contributed by atoms with van der Waals surface area (Å²) in [6.45, 7) is 8.37. The van der Waals surface area contributed by atoms with E-state index in [-0.39, 0.29) is 31.1 Å². The van der Waals surface area contributed by atoms with Gasteiger partial charge in [0.05, 0.1) is 18.7 Å². The zero-order chi connectivity index (χ0) is 21.3. The lowest BCUT2D eigenvalue weighted by Crippen LogP contribution is -2.35. The number of hydrogen-bond acceptors (Lipinski definition) is 7. The molecule has 0 saturated heterocycles. The average molecular weight is 395 g/mol. The number of benzene rings is 1. The Morgan fingerprint density at radius 3 is 2.39 bits per heavy atom. The summed E-state index contributed by atoms with van der Waals surface area (Å²) in [5, 5.41) is 12.9. The number of alkyl carbamates (subject to hydrolysis) is 1. The number of nitrogens with one attached hydrogen (secondary N) is 1. The molecule has 0 spiro atoms. The minimum atomic E-state index is -0.719. The summed E-state index contributed by atoms with van der Waals surface area (Å²) >= 11 is 0. The van der Waals surface area contributed by atoms with Gasteiger partial charge in [-0.2, -0.15) is 0 Å². The summed E-state index contributed by atoms with van der Waals surface area (Å²) in [5.41, 5.74) is -0.195. The van der Waals surface area contributed by atoms with Crippen LogP contribution in [0.2, 0.25) is 0 Å². The molecule has 2 N–H and O–H groups in total. The smallest absolute Gasteiger partial charge is 0.408 e. The number of phenolic OH excluding ortho intramolecular Hbond substituents is 1. The van der Waals surface area contributed by atoms with Crippen molar-refractivity contribution in [3.8, 4) is 11.5 Å². The summed E-state index contributed by atoms with van der Waals surface area (Å²) < 4.78 is 15.3. The highest BCUT2D eigenvalue weighted by Gasteiger charge is 2.21. The van der Waals surface area contributed by atoms with Gasteiger partial charge >= 0.3 is 12.1 Å². The third-order valence-electron chi connectivity index (χ3n) is 3.48. The van der Waals surface area contributed by atoms with Crippen molar-refractivity contribution in [3.05, 3.63) is 23.3 Å². The number of aromatic hydroxyl groups is 1. The molecule has 8 heteroatoms. The molecule has 1 aromatic rings. The largest absolute Gasteiger partial charge is 0.507 e. The standard InChI is InChI=1S/C20H29NO7/c1-6-8-14-16(27-12-17(23)26-7-2)10-9-13(18(14)24)15(22)11-21-19(25)28-20(3,4)5/h9-10,24H,6-8,11-12H2,1-5H3,(H,21,25). The fraction of sp³-hybridized carbons (Fsp3) is 0.550. The number of esters is 1. The molecule has 0 radical (unpaired) electrons. The summed E-state index contributed by atoms with van der Waals surface area (Å²) in [4.78, 5) is 35.6. The third kappa shape index (κ3) is 7.46. The number of Topliss-reactive ketones (excluding diaryl/α,β-unsaturated/α-hetero) is 1. The molecule has 0 aromatic heterocycles. The number of rotatable bonds is 9. The van der Waals surface area contributed by atoms with Gasteiger partial charge in [0, 0.05) is 5.56 Å². The number of ether oxygens (including phenoxy) is 3. The van der Waals surface area contributed by atoms with Crippen molar-refractivity contribution in [3.63, 3.8) is 0 Å². The maximum absolute atomic E-state index is 12.4. The van der Waals surface area contributed by atoms with Gasteiger partial charge in [0.1, 0.15) is 17.1 Å². The van der Waals surface area contributed by atoms with Crippen LogP contribution in [0.3, 0.4) is 0 Å². The van der Waals surface area contributed by atoms with E-state index in [0.29, 0.717) is 24.2 Å². The van der Waals surface area contributed by atoms with Crippen molar-refractivity contribution in [2.75, 3.05) is 19.8 Å². The Kier molecular flexibility index (Phi) is 8.76. The summed E-state index contributed by atoms with van der Waals surface area (Å²) in [5.74, 6) is -0.910. The average Bonchev–Trinajstić information content (AvgIpc) is 2.59. The molecule has 0 aliphatic heterocycles. The number of hydrogen-bond donors (Lipinski definition) is 2. The van der Waals surface area contributed by atoms with E-state index in [9.17, 15) is 19.5 Å². The van der Waals surface area contributed by atoms with Crippen LogP contribution in [-0.4, -0.2) is 48.3 Å². The predicted molar refractivity (Wildman–Crippen MR) is 103 cm³/mol. The fourth-order valence-corrected chi connectivity index (χ4v) is 2.37. The first-order valence-electron chi connectivity index (χ1n) is 9.22. The molecule has 0 aliphatic carbocycles. The Morgan fingerprint density at radius 1 is 1.14 bits per heavy atom. The van der Waals surface area contributed by atoms with Gasteiger partial charge in [-0.25, -0.2) is 9.59 Å². The first-order valence-corrected chi connectivity index (χ1v) is 9.22. The lowest BCUT2D eigenvalue weighted by atomic mass is 10.0. The van der Waals surface area contributed by atoms with Crippen LogP contribution in [0.15, 0.2) is 12.1 Å². The second-order valence-corrected chi connectivity index (χ2v) is 7.06. The van der Waals surface area contributed by atoms with E-state index in [1.54, 1.807) is 27.7 Å². The quantitative estimate of drug-likeness (QED) is 0.488. The van der Waals surface area contributed by atoms with Crippen molar-refractivity contribution in [1.82, 2.24) is 5.32 Å². The lowest BCUT2D eigenvalue weighted by molar-refractivity contribution is -0.145. The normalized spacial score (nSPS) is 10.9. The molecule has 1 rings (SSSR count). The molecular weight excluding hydrogens is 366 g/mol. The van der Waals surface area contributed by atoms with E-state index >= 15 is 0 Å². The number of carbonyl (C=O) groups excluding carboxylic acids is 3. The molecule has 0 aliphatic rings. The number of phenols is 1. The van der Waals surface area contributed by atoms with Crippen LogP contribution in [0.5, 0.6) is 11.5 Å². The first kappa shape index (κ1) is 23.3. The second kappa shape index (κ2) is 10.5. The minimum absolute atomic E-state index is 0.0583. The van der Waals surface area contributed by atoms with E-state index < -0.39 is 23.4 Å². The summed E-state index contributed by atoms with van der Waals surface area (Å²) in [6, 6.07) is 2.92. The van der Waals surface area contributed by atoms with Crippen molar-refractivity contribution in [1.29, 1.82) is 0 Å². The molecule has 1 amide bonds. The Balaban J connectivity index is 2.89. The second-order valence-electron chi connectivity index (χ2n) is 7.06. The highest BCUT2D eigenvalue weighted by atomic mass is 16.6. The number of carbonyl (C=O) groups is 3. The molecule has 156 valence electrons. The van der Waals surface area contributed by atoms with Crippen LogP contribution in [0.1, 0.15) is 57.0 Å². The van der Waals surface area contributed by atoms with Crippen molar-refractivity contribution in [2.24, 2.45) is 0 Å². The van der Waals surface area contributed by atoms with Gasteiger partial charge in [-0.3, -0.25) is 4.79 Å². The van der Waals surface area contributed by atoms with Crippen molar-refractivity contribution < 1.29 is 33.7 Å². The van der Waals surface area contributed by atoms with Crippen LogP contribution in [0.25, 0.3) is 0 Å². The van der Waals surface area contributed by atoms with Crippen LogP contribution >= 0.6 is 0 Å². The van der Waals surface area contributed by atoms with Gasteiger partial charge in [0.15, 0.2) is 12.4 Å². The summed E-state index contributed by atoms with van der Waals surface area (Å²) in [7, 11) is 0. The Bertz CT molecular complexity index is 707. The van der Waals surface area contributed by atoms with Gasteiger partial charge in [-0.1, -0.05) is 13.3 Å². The van der Waals surface area contributed by atoms with Gasteiger partial charge < -0.3 is 24.6 Å². The molecule has 0 unspecified atom stereocenters. The van der Waals surface area contributed by atoms with E-state index in [4.69, 9.17) is 14.2 Å². The van der Waals surface area contributed by atoms with Crippen molar-refractivity contribution >= 4 is 17.8 Å². The van der Waals surface area contributed by atoms with E-state index in [2.05, 4.69) is 5.32 Å². The Morgan fingerprint density at radius 2 is 1.82 bits per heavy atom. The van der Waals surface area contributed by atoms with E-state index in [1.807, 2.05) is 6.92 Å². The molecular formula is C20H29NO7. The van der Waals surface area contributed by atoms with Crippen LogP contribution in [-0.2, 0) is 20.7 Å². The van der Waals surface area contributed by atoms with Crippen molar-refractivity contribution in [2.45, 2.75) is 53.1 Å². The first-order chi connectivity index (χ1) is 13.1. The fourth-order valence-electron chi connectivity index (χ4n) is 2.37. The molecule has 28 heavy (non-hydrogen) atoms. The van der Waals surface area contributed by atoms with Gasteiger partial charge in [-0.15, -0.1) is 0 Å². The highest BCUT2D eigenvalue weighted by Crippen LogP contribution is 2.33. The third-order valence-corrected chi connectivity index (χ3v) is 3.48. The van der Waals surface area contributed by atoms with Gasteiger partial charge in [0.2, 0.25) is 0 Å². The van der Waals surface area contributed by atoms with Crippen LogP contribution < -0.4 is 10.1 Å². The Hall–Kier alpha value is -2.77. The molecule has 1 aromatic carbocycles. The van der Waals surface area contributed by atoms with Gasteiger partial charge in [-0.05, 0) is 46.2 Å². The monoisotopic (exact) mass is 395 g/mol. The van der Waals surface area contributed by atoms with E-state index in [1.165, 1.54) is 12.1 Å². The molecule has 0 atom stereocenters. The topological polar surface area (TPSA) is 111 Å². The minimum Gasteiger partial charge on any atom is -0.507 e. The zero-order valence-electron chi connectivity index (χ0n) is 17.1. The molecule has 0 saturated carbocycles. The number of amides is 1. The maximum atomic E-state index is 12.4. The van der Waals surface area contributed by atoms with Crippen LogP contribution in [0.4, 0.5) is 4.79 Å². The van der Waals surface area contributed by atoms with E-state index in [0.717, 1.165) is 0 Å². The Labute approximate surface area is 165 Å². The maximum Gasteiger partial charge on any atom is 0.408 e. The highest BCUT2D eigenvalue weighted by molar-refractivity contribution is 6.01. The molecule has 0 fully saturated rings. The lowest BCUT2D eigenvalue weighted by Gasteiger charge is -2.19. The number of ketones is 1. The zero-order valence-corrected chi connectivity index (χ0v) is 17.1. The predicted octanol–water partition coefficient (Wildman–Crippen LogP) is 2.99.